The molecule has 0 radical (unpaired) electrons. The van der Waals surface area contributed by atoms with Gasteiger partial charge in [-0.05, 0) is 54.9 Å². The van der Waals surface area contributed by atoms with Crippen LogP contribution in [0.25, 0.3) is 11.3 Å². The average molecular weight is 506 g/mol. The highest BCUT2D eigenvalue weighted by molar-refractivity contribution is 7.07. The van der Waals surface area contributed by atoms with Crippen molar-refractivity contribution in [2.75, 3.05) is 11.9 Å². The second kappa shape index (κ2) is 9.34. The van der Waals surface area contributed by atoms with E-state index in [0.717, 1.165) is 36.2 Å². The van der Waals surface area contributed by atoms with Crippen LogP contribution in [0.1, 0.15) is 40.0 Å². The zero-order valence-corrected chi connectivity index (χ0v) is 21.2. The maximum atomic E-state index is 11.9. The number of ether oxygens (including phenoxy) is 1. The van der Waals surface area contributed by atoms with Crippen LogP contribution in [0.3, 0.4) is 0 Å². The van der Waals surface area contributed by atoms with E-state index in [4.69, 9.17) is 9.84 Å². The number of nitro benzene ring substituents is 1. The molecule has 1 N–H and O–H groups in total. The Hall–Kier alpha value is -3.79. The lowest BCUT2D eigenvalue weighted by Gasteiger charge is -2.34. The third-order valence-corrected chi connectivity index (χ3v) is 7.11. The molecule has 2 heterocycles. The first kappa shape index (κ1) is 23.9. The van der Waals surface area contributed by atoms with Gasteiger partial charge in [-0.2, -0.15) is 5.10 Å². The summed E-state index contributed by atoms with van der Waals surface area (Å²) in [6, 6.07) is 12.0. The predicted molar refractivity (Wildman–Crippen MR) is 140 cm³/mol. The second-order valence-electron chi connectivity index (χ2n) is 10.1. The molecule has 1 aliphatic heterocycles. The summed E-state index contributed by atoms with van der Waals surface area (Å²) in [4.78, 5) is 28.2. The van der Waals surface area contributed by atoms with Crippen LogP contribution < -0.4 is 14.9 Å². The molecule has 0 spiro atoms. The van der Waals surface area contributed by atoms with Gasteiger partial charge in [-0.3, -0.25) is 14.9 Å². The van der Waals surface area contributed by atoms with Gasteiger partial charge in [-0.15, -0.1) is 11.3 Å². The smallest absolute Gasteiger partial charge is 0.294 e. The largest absolute Gasteiger partial charge is 0.482 e. The Bertz CT molecular complexity index is 1450. The number of hydrogen-bond donors (Lipinski definition) is 1. The molecular weight excluding hydrogens is 478 g/mol. The number of para-hydroxylation sites is 2. The molecule has 1 saturated carbocycles. The molecule has 186 valence electrons. The van der Waals surface area contributed by atoms with Crippen molar-refractivity contribution in [3.05, 3.63) is 62.8 Å². The Morgan fingerprint density at radius 3 is 2.83 bits per heavy atom. The van der Waals surface area contributed by atoms with Crippen molar-refractivity contribution in [3.63, 3.8) is 0 Å². The minimum Gasteiger partial charge on any atom is -0.482 e. The van der Waals surface area contributed by atoms with Crippen LogP contribution in [-0.2, 0) is 4.79 Å². The molecule has 10 heteroatoms. The van der Waals surface area contributed by atoms with Crippen molar-refractivity contribution < 1.29 is 14.5 Å². The lowest BCUT2D eigenvalue weighted by atomic mass is 9.72. The van der Waals surface area contributed by atoms with Gasteiger partial charge in [0.1, 0.15) is 11.4 Å². The summed E-state index contributed by atoms with van der Waals surface area (Å²) in [5.41, 5.74) is 3.61. The highest BCUT2D eigenvalue weighted by atomic mass is 32.1. The first-order chi connectivity index (χ1) is 17.2. The van der Waals surface area contributed by atoms with E-state index in [-0.39, 0.29) is 29.3 Å². The van der Waals surface area contributed by atoms with Crippen LogP contribution in [0.2, 0.25) is 0 Å². The summed E-state index contributed by atoms with van der Waals surface area (Å²) in [6.45, 7) is 6.73. The van der Waals surface area contributed by atoms with Gasteiger partial charge in [0.25, 0.3) is 11.6 Å². The normalized spacial score (nSPS) is 20.5. The number of aromatic nitrogens is 1. The molecule has 5 rings (SSSR count). The van der Waals surface area contributed by atoms with Crippen LogP contribution in [0, 0.1) is 21.4 Å². The lowest BCUT2D eigenvalue weighted by molar-refractivity contribution is -0.384. The molecular formula is C26H27N5O4S. The molecule has 1 unspecified atom stereocenters. The van der Waals surface area contributed by atoms with E-state index in [1.807, 2.05) is 23.6 Å². The van der Waals surface area contributed by atoms with Gasteiger partial charge in [0.15, 0.2) is 6.61 Å². The number of nitrogens with zero attached hydrogens (tertiary/aromatic N) is 4. The number of benzene rings is 2. The summed E-state index contributed by atoms with van der Waals surface area (Å²) in [5.74, 6) is 0.907. The number of fused-ring (bicyclic) bond motifs is 1. The number of carbonyl (C=O) groups is 1. The number of anilines is 1. The van der Waals surface area contributed by atoms with Gasteiger partial charge >= 0.3 is 0 Å². The van der Waals surface area contributed by atoms with Gasteiger partial charge in [-0.25, -0.2) is 9.67 Å². The Kier molecular flexibility index (Phi) is 6.21. The zero-order valence-electron chi connectivity index (χ0n) is 20.4. The monoisotopic (exact) mass is 505 g/mol. The SMILES string of the molecule is CC1CC(=Nn2c(-c3ccc4c(c3)NC(=O)CO4)csc2=Nc2ccccc2[N+](=O)[O-])CC(C)(C)C1. The zero-order chi connectivity index (χ0) is 25.4. The third-order valence-electron chi connectivity index (χ3n) is 6.30. The molecule has 1 amide bonds. The minimum absolute atomic E-state index is 0.00863. The van der Waals surface area contributed by atoms with E-state index in [9.17, 15) is 14.9 Å². The summed E-state index contributed by atoms with van der Waals surface area (Å²) < 4.78 is 7.28. The van der Waals surface area contributed by atoms with Crippen molar-refractivity contribution in [1.82, 2.24) is 4.68 Å². The lowest BCUT2D eigenvalue weighted by Crippen LogP contribution is -2.29. The number of nitro groups is 1. The third kappa shape index (κ3) is 4.94. The topological polar surface area (TPSA) is 111 Å². The predicted octanol–water partition coefficient (Wildman–Crippen LogP) is 5.74. The standard InChI is InChI=1S/C26H27N5O4S/c1-16-10-18(13-26(2,3)12-16)29-30-22(17-8-9-23-20(11-17)27-24(32)14-35-23)15-36-25(30)28-19-6-4-5-7-21(19)31(33)34/h4-9,11,15-16H,10,12-14H2,1-3H3,(H,27,32). The van der Waals surface area contributed by atoms with E-state index in [0.29, 0.717) is 22.2 Å². The van der Waals surface area contributed by atoms with Crippen molar-refractivity contribution in [3.8, 4) is 17.0 Å². The molecule has 1 aliphatic carbocycles. The fourth-order valence-electron chi connectivity index (χ4n) is 5.06. The Morgan fingerprint density at radius 2 is 2.06 bits per heavy atom. The second-order valence-corrected chi connectivity index (χ2v) is 11.0. The molecule has 36 heavy (non-hydrogen) atoms. The molecule has 1 atom stereocenters. The van der Waals surface area contributed by atoms with E-state index in [1.165, 1.54) is 17.4 Å². The van der Waals surface area contributed by atoms with Crippen LogP contribution in [0.15, 0.2) is 57.9 Å². The molecule has 1 fully saturated rings. The van der Waals surface area contributed by atoms with Crippen molar-refractivity contribution in [1.29, 1.82) is 0 Å². The number of rotatable bonds is 4. The van der Waals surface area contributed by atoms with E-state index in [2.05, 4.69) is 31.1 Å². The van der Waals surface area contributed by atoms with Crippen LogP contribution in [-0.4, -0.2) is 27.8 Å². The summed E-state index contributed by atoms with van der Waals surface area (Å²) >= 11 is 1.36. The van der Waals surface area contributed by atoms with Crippen molar-refractivity contribution in [2.24, 2.45) is 21.4 Å². The Labute approximate surface area is 212 Å². The molecule has 3 aromatic rings. The minimum atomic E-state index is -0.429. The van der Waals surface area contributed by atoms with Crippen LogP contribution >= 0.6 is 11.3 Å². The first-order valence-electron chi connectivity index (χ1n) is 11.8. The van der Waals surface area contributed by atoms with Crippen molar-refractivity contribution >= 4 is 40.0 Å². The number of nitrogens with one attached hydrogen (secondary N) is 1. The quantitative estimate of drug-likeness (QED) is 0.360. The number of hydrogen-bond acceptors (Lipinski definition) is 7. The first-order valence-corrected chi connectivity index (χ1v) is 12.7. The van der Waals surface area contributed by atoms with E-state index in [1.54, 1.807) is 22.9 Å². The summed E-state index contributed by atoms with van der Waals surface area (Å²) in [6.07, 6.45) is 2.87. The van der Waals surface area contributed by atoms with Crippen LogP contribution in [0.4, 0.5) is 17.1 Å². The highest BCUT2D eigenvalue weighted by Crippen LogP contribution is 2.38. The Balaban J connectivity index is 1.68. The number of carbonyl (C=O) groups excluding carboxylic acids is 1. The highest BCUT2D eigenvalue weighted by Gasteiger charge is 2.30. The molecule has 2 aromatic carbocycles. The molecule has 1 aromatic heterocycles. The average Bonchev–Trinajstić information content (AvgIpc) is 3.19. The van der Waals surface area contributed by atoms with Crippen LogP contribution in [0.5, 0.6) is 5.75 Å². The van der Waals surface area contributed by atoms with Gasteiger partial charge in [0.05, 0.1) is 16.3 Å². The van der Waals surface area contributed by atoms with Gasteiger partial charge in [0.2, 0.25) is 4.80 Å². The Morgan fingerprint density at radius 1 is 1.25 bits per heavy atom. The van der Waals surface area contributed by atoms with E-state index < -0.39 is 4.92 Å². The maximum Gasteiger partial charge on any atom is 0.294 e. The maximum absolute atomic E-state index is 11.9. The molecule has 0 bridgehead atoms. The number of amides is 1. The fourth-order valence-corrected chi connectivity index (χ4v) is 5.91. The van der Waals surface area contributed by atoms with Gasteiger partial charge < -0.3 is 10.1 Å². The molecule has 2 aliphatic rings. The fraction of sp³-hybridized carbons (Fsp3) is 0.346. The van der Waals surface area contributed by atoms with Gasteiger partial charge in [-0.1, -0.05) is 32.9 Å². The van der Waals surface area contributed by atoms with Gasteiger partial charge in [0, 0.05) is 22.7 Å². The summed E-state index contributed by atoms with van der Waals surface area (Å²) in [5, 5.41) is 21.4. The molecule has 9 nitrogen and oxygen atoms in total. The molecule has 0 saturated heterocycles. The van der Waals surface area contributed by atoms with E-state index >= 15 is 0 Å². The summed E-state index contributed by atoms with van der Waals surface area (Å²) in [7, 11) is 0. The number of thiazole rings is 1. The van der Waals surface area contributed by atoms with Crippen molar-refractivity contribution in [2.45, 2.75) is 40.0 Å².